The molecule has 1 atom stereocenters. The lowest BCUT2D eigenvalue weighted by Gasteiger charge is -2.09. The van der Waals surface area contributed by atoms with Gasteiger partial charge in [-0.05, 0) is 37.5 Å². The number of hydrazine groups is 1. The topological polar surface area (TPSA) is 115 Å². The van der Waals surface area contributed by atoms with Crippen LogP contribution in [0.1, 0.15) is 29.0 Å². The number of sulfone groups is 1. The summed E-state index contributed by atoms with van der Waals surface area (Å²) in [5.41, 5.74) is 5.79. The molecular weight excluding hydrogens is 360 g/mol. The second kappa shape index (κ2) is 6.99. The minimum absolute atomic E-state index is 0.0128. The van der Waals surface area contributed by atoms with Gasteiger partial charge in [-0.15, -0.1) is 0 Å². The SMILES string of the molecule is COc1ccc2oc(C(=O)NNC(=O)C[C@H]3CCS(=O)(=O)C3)c(C)c2c1. The van der Waals surface area contributed by atoms with Crippen LogP contribution < -0.4 is 15.6 Å². The van der Waals surface area contributed by atoms with Crippen molar-refractivity contribution in [3.63, 3.8) is 0 Å². The van der Waals surface area contributed by atoms with Gasteiger partial charge in [-0.25, -0.2) is 8.42 Å². The molecule has 1 saturated heterocycles. The van der Waals surface area contributed by atoms with Crippen molar-refractivity contribution < 1.29 is 27.2 Å². The van der Waals surface area contributed by atoms with Gasteiger partial charge in [-0.2, -0.15) is 0 Å². The van der Waals surface area contributed by atoms with Crippen molar-refractivity contribution in [3.05, 3.63) is 29.5 Å². The van der Waals surface area contributed by atoms with Crippen molar-refractivity contribution in [2.75, 3.05) is 18.6 Å². The van der Waals surface area contributed by atoms with Crippen molar-refractivity contribution in [1.29, 1.82) is 0 Å². The van der Waals surface area contributed by atoms with Gasteiger partial charge in [-0.1, -0.05) is 0 Å². The number of carbonyl (C=O) groups excluding carboxylic acids is 2. The molecule has 1 aromatic carbocycles. The summed E-state index contributed by atoms with van der Waals surface area (Å²) in [4.78, 5) is 24.2. The van der Waals surface area contributed by atoms with E-state index in [1.54, 1.807) is 32.2 Å². The standard InChI is InChI=1S/C17H20N2O6S/c1-10-13-8-12(24-2)3-4-14(13)25-16(10)17(21)19-18-15(20)7-11-5-6-26(22,23)9-11/h3-4,8,11H,5-7,9H2,1-2H3,(H,18,20)(H,19,21)/t11-/m1/s1. The molecule has 0 aliphatic carbocycles. The molecule has 0 bridgehead atoms. The third-order valence-electron chi connectivity index (χ3n) is 4.47. The van der Waals surface area contributed by atoms with Crippen LogP contribution in [0.4, 0.5) is 0 Å². The number of amides is 2. The van der Waals surface area contributed by atoms with Crippen molar-refractivity contribution in [1.82, 2.24) is 10.9 Å². The van der Waals surface area contributed by atoms with Crippen molar-refractivity contribution in [2.24, 2.45) is 5.92 Å². The highest BCUT2D eigenvalue weighted by Crippen LogP contribution is 2.28. The zero-order valence-corrected chi connectivity index (χ0v) is 15.3. The normalized spacial score (nSPS) is 18.6. The average molecular weight is 380 g/mol. The first kappa shape index (κ1) is 18.2. The van der Waals surface area contributed by atoms with E-state index in [-0.39, 0.29) is 29.6 Å². The van der Waals surface area contributed by atoms with Crippen LogP contribution in [0.2, 0.25) is 0 Å². The molecule has 2 amide bonds. The lowest BCUT2D eigenvalue weighted by molar-refractivity contribution is -0.122. The molecule has 1 aromatic heterocycles. The highest BCUT2D eigenvalue weighted by atomic mass is 32.2. The third-order valence-corrected chi connectivity index (χ3v) is 6.30. The van der Waals surface area contributed by atoms with Crippen LogP contribution in [-0.4, -0.2) is 38.8 Å². The summed E-state index contributed by atoms with van der Waals surface area (Å²) in [5, 5.41) is 0.747. The summed E-state index contributed by atoms with van der Waals surface area (Å²) in [6.07, 6.45) is 0.518. The largest absolute Gasteiger partial charge is 0.497 e. The molecule has 2 aromatic rings. The molecule has 1 aliphatic rings. The number of aryl methyl sites for hydroxylation is 1. The molecule has 0 unspecified atom stereocenters. The summed E-state index contributed by atoms with van der Waals surface area (Å²) >= 11 is 0. The van der Waals surface area contributed by atoms with Crippen LogP contribution in [0, 0.1) is 12.8 Å². The summed E-state index contributed by atoms with van der Waals surface area (Å²) in [6.45, 7) is 1.74. The molecule has 1 aliphatic heterocycles. The van der Waals surface area contributed by atoms with Crippen LogP contribution in [0.25, 0.3) is 11.0 Å². The lowest BCUT2D eigenvalue weighted by atomic mass is 10.1. The first-order chi connectivity index (χ1) is 12.3. The van der Waals surface area contributed by atoms with E-state index in [9.17, 15) is 18.0 Å². The predicted molar refractivity (Wildman–Crippen MR) is 94.5 cm³/mol. The number of carbonyl (C=O) groups is 2. The second-order valence-corrected chi connectivity index (χ2v) is 8.62. The first-order valence-corrected chi connectivity index (χ1v) is 9.98. The zero-order valence-electron chi connectivity index (χ0n) is 14.5. The Hall–Kier alpha value is -2.55. The molecular formula is C17H20N2O6S. The molecule has 26 heavy (non-hydrogen) atoms. The highest BCUT2D eigenvalue weighted by Gasteiger charge is 2.29. The molecule has 0 spiro atoms. The Morgan fingerprint density at radius 1 is 1.31 bits per heavy atom. The smallest absolute Gasteiger partial charge is 0.305 e. The van der Waals surface area contributed by atoms with Gasteiger partial charge < -0.3 is 9.15 Å². The average Bonchev–Trinajstić information content (AvgIpc) is 3.11. The second-order valence-electron chi connectivity index (χ2n) is 6.39. The number of ether oxygens (including phenoxy) is 1. The van der Waals surface area contributed by atoms with Crippen LogP contribution >= 0.6 is 0 Å². The van der Waals surface area contributed by atoms with Crippen molar-refractivity contribution in [2.45, 2.75) is 19.8 Å². The van der Waals surface area contributed by atoms with Gasteiger partial charge in [0.05, 0.1) is 18.6 Å². The van der Waals surface area contributed by atoms with Gasteiger partial charge in [-0.3, -0.25) is 20.4 Å². The van der Waals surface area contributed by atoms with E-state index in [1.165, 1.54) is 0 Å². The van der Waals surface area contributed by atoms with E-state index < -0.39 is 21.7 Å². The molecule has 2 heterocycles. The van der Waals surface area contributed by atoms with E-state index >= 15 is 0 Å². The van der Waals surface area contributed by atoms with Gasteiger partial charge in [0, 0.05) is 17.4 Å². The maximum atomic E-state index is 12.3. The molecule has 3 rings (SSSR count). The van der Waals surface area contributed by atoms with E-state index in [4.69, 9.17) is 9.15 Å². The highest BCUT2D eigenvalue weighted by molar-refractivity contribution is 7.91. The lowest BCUT2D eigenvalue weighted by Crippen LogP contribution is -2.42. The Morgan fingerprint density at radius 3 is 2.73 bits per heavy atom. The number of rotatable bonds is 4. The number of hydrogen-bond donors (Lipinski definition) is 2. The van der Waals surface area contributed by atoms with Gasteiger partial charge in [0.25, 0.3) is 0 Å². The number of fused-ring (bicyclic) bond motifs is 1. The first-order valence-electron chi connectivity index (χ1n) is 8.16. The summed E-state index contributed by atoms with van der Waals surface area (Å²) in [7, 11) is -1.48. The molecule has 9 heteroatoms. The maximum Gasteiger partial charge on any atom is 0.305 e. The molecule has 2 N–H and O–H groups in total. The van der Waals surface area contributed by atoms with Gasteiger partial charge in [0.2, 0.25) is 5.91 Å². The third kappa shape index (κ3) is 3.82. The number of methoxy groups -OCH3 is 1. The van der Waals surface area contributed by atoms with Gasteiger partial charge in [0.15, 0.2) is 15.6 Å². The Morgan fingerprint density at radius 2 is 2.08 bits per heavy atom. The Labute approximate surface area is 150 Å². The summed E-state index contributed by atoms with van der Waals surface area (Å²) < 4.78 is 33.6. The number of hydrogen-bond acceptors (Lipinski definition) is 6. The van der Waals surface area contributed by atoms with E-state index in [0.29, 0.717) is 23.3 Å². The van der Waals surface area contributed by atoms with E-state index in [0.717, 1.165) is 5.39 Å². The number of benzene rings is 1. The summed E-state index contributed by atoms with van der Waals surface area (Å²) in [6, 6.07) is 5.20. The van der Waals surface area contributed by atoms with Crippen LogP contribution in [-0.2, 0) is 14.6 Å². The Balaban J connectivity index is 1.62. The fourth-order valence-corrected chi connectivity index (χ4v) is 4.93. The maximum absolute atomic E-state index is 12.3. The van der Waals surface area contributed by atoms with Crippen LogP contribution in [0.5, 0.6) is 5.75 Å². The summed E-state index contributed by atoms with van der Waals surface area (Å²) in [5.74, 6) is -0.360. The fourth-order valence-electron chi connectivity index (χ4n) is 3.07. The van der Waals surface area contributed by atoms with Crippen LogP contribution in [0.15, 0.2) is 22.6 Å². The fraction of sp³-hybridized carbons (Fsp3) is 0.412. The Bertz CT molecular complexity index is 963. The molecule has 0 radical (unpaired) electrons. The molecule has 140 valence electrons. The minimum atomic E-state index is -3.03. The van der Waals surface area contributed by atoms with E-state index in [1.807, 2.05) is 0 Å². The Kier molecular flexibility index (Phi) is 4.90. The molecule has 1 fully saturated rings. The van der Waals surface area contributed by atoms with Crippen molar-refractivity contribution >= 4 is 32.6 Å². The van der Waals surface area contributed by atoms with Gasteiger partial charge in [0.1, 0.15) is 11.3 Å². The molecule has 8 nitrogen and oxygen atoms in total. The number of furan rings is 1. The van der Waals surface area contributed by atoms with E-state index in [2.05, 4.69) is 10.9 Å². The van der Waals surface area contributed by atoms with Crippen LogP contribution in [0.3, 0.4) is 0 Å². The monoisotopic (exact) mass is 380 g/mol. The predicted octanol–water partition coefficient (Wildman–Crippen LogP) is 1.34. The minimum Gasteiger partial charge on any atom is -0.497 e. The quantitative estimate of drug-likeness (QED) is 0.774. The number of nitrogens with one attached hydrogen (secondary N) is 2. The van der Waals surface area contributed by atoms with Crippen molar-refractivity contribution in [3.8, 4) is 5.75 Å². The molecule has 0 saturated carbocycles. The van der Waals surface area contributed by atoms with Gasteiger partial charge >= 0.3 is 5.91 Å². The zero-order chi connectivity index (χ0) is 18.9.